The Bertz CT molecular complexity index is 928. The molecule has 2 aliphatic heterocycles. The Hall–Kier alpha value is -2.29. The first kappa shape index (κ1) is 18.7. The van der Waals surface area contributed by atoms with Gasteiger partial charge < -0.3 is 15.5 Å². The highest BCUT2D eigenvalue weighted by Gasteiger charge is 2.58. The lowest BCUT2D eigenvalue weighted by Crippen LogP contribution is -2.56. The van der Waals surface area contributed by atoms with Gasteiger partial charge in [0.1, 0.15) is 11.6 Å². The summed E-state index contributed by atoms with van der Waals surface area (Å²) in [6.07, 6.45) is -2.34. The third-order valence-corrected chi connectivity index (χ3v) is 7.21. The molecular formula is C20H21F3N4OS. The molecule has 1 amide bonds. The maximum absolute atomic E-state index is 13.4. The highest BCUT2D eigenvalue weighted by molar-refractivity contribution is 7.15. The molecule has 3 aliphatic rings. The van der Waals surface area contributed by atoms with E-state index in [-0.39, 0.29) is 24.8 Å². The molecule has 1 atom stereocenters. The van der Waals surface area contributed by atoms with E-state index >= 15 is 0 Å². The number of nitrogens with zero attached hydrogens (tertiary/aromatic N) is 2. The molecule has 1 saturated carbocycles. The monoisotopic (exact) mass is 422 g/mol. The molecule has 1 aromatic carbocycles. The number of nitrogens with one attached hydrogen (secondary N) is 2. The summed E-state index contributed by atoms with van der Waals surface area (Å²) in [6, 6.07) is 7.59. The smallest absolute Gasteiger partial charge is 0.373 e. The number of para-hydroxylation sites is 1. The third kappa shape index (κ3) is 3.15. The Kier molecular flexibility index (Phi) is 4.27. The van der Waals surface area contributed by atoms with Gasteiger partial charge in [-0.3, -0.25) is 4.79 Å². The van der Waals surface area contributed by atoms with Gasteiger partial charge in [0.05, 0.1) is 12.2 Å². The van der Waals surface area contributed by atoms with Crippen LogP contribution < -0.4 is 10.6 Å². The molecule has 29 heavy (non-hydrogen) atoms. The average molecular weight is 422 g/mol. The van der Waals surface area contributed by atoms with Crippen LogP contribution in [0.2, 0.25) is 0 Å². The predicted molar refractivity (Wildman–Crippen MR) is 105 cm³/mol. The molecule has 1 fully saturated rings. The second-order valence-electron chi connectivity index (χ2n) is 8.02. The molecule has 154 valence electrons. The summed E-state index contributed by atoms with van der Waals surface area (Å²) >= 11 is 1.24. The van der Waals surface area contributed by atoms with Crippen LogP contribution in [0.5, 0.6) is 0 Å². The Morgan fingerprint density at radius 3 is 2.79 bits per heavy atom. The minimum absolute atomic E-state index is 0.0283. The van der Waals surface area contributed by atoms with E-state index in [0.717, 1.165) is 21.8 Å². The van der Waals surface area contributed by atoms with Gasteiger partial charge in [0, 0.05) is 30.0 Å². The van der Waals surface area contributed by atoms with Crippen LogP contribution in [-0.2, 0) is 24.2 Å². The summed E-state index contributed by atoms with van der Waals surface area (Å²) in [7, 11) is 0. The summed E-state index contributed by atoms with van der Waals surface area (Å²) < 4.78 is 40.3. The van der Waals surface area contributed by atoms with Crippen molar-refractivity contribution in [2.75, 3.05) is 17.2 Å². The molecular weight excluding hydrogens is 401 g/mol. The number of hydrogen-bond donors (Lipinski definition) is 2. The Balaban J connectivity index is 1.28. The summed E-state index contributed by atoms with van der Waals surface area (Å²) in [4.78, 5) is 20.1. The van der Waals surface area contributed by atoms with Crippen LogP contribution in [0.4, 0.5) is 24.0 Å². The lowest BCUT2D eigenvalue weighted by atomic mass is 9.76. The van der Waals surface area contributed by atoms with Gasteiger partial charge in [0.15, 0.2) is 5.13 Å². The minimum Gasteiger partial charge on any atom is -0.373 e. The van der Waals surface area contributed by atoms with E-state index in [1.807, 2.05) is 24.3 Å². The number of thiazole rings is 1. The quantitative estimate of drug-likeness (QED) is 0.786. The Labute approximate surface area is 170 Å². The van der Waals surface area contributed by atoms with Gasteiger partial charge in [0.25, 0.3) is 0 Å². The number of halogens is 3. The highest BCUT2D eigenvalue weighted by atomic mass is 32.1. The van der Waals surface area contributed by atoms with Crippen LogP contribution >= 0.6 is 11.3 Å². The molecule has 2 aromatic rings. The number of anilines is 2. The van der Waals surface area contributed by atoms with E-state index in [2.05, 4.69) is 15.6 Å². The zero-order chi connectivity index (χ0) is 20.2. The lowest BCUT2D eigenvalue weighted by Gasteiger charge is -2.43. The number of aromatic nitrogens is 1. The summed E-state index contributed by atoms with van der Waals surface area (Å²) in [6.45, 7) is 0.939. The van der Waals surface area contributed by atoms with E-state index in [9.17, 15) is 18.0 Å². The standard InChI is InChI=1S/C20H21F3N4OS/c21-20(22,23)19(7-3-8-19)26-18-25-14-6-9-27(11-16(14)29-18)17(28)15-10-12-4-1-2-5-13(12)24-15/h1-2,4-5,15,24H,3,6-11H2,(H,25,26). The van der Waals surface area contributed by atoms with Gasteiger partial charge in [-0.05, 0) is 30.9 Å². The predicted octanol–water partition coefficient (Wildman–Crippen LogP) is 3.96. The number of rotatable bonds is 3. The molecule has 0 radical (unpaired) electrons. The van der Waals surface area contributed by atoms with Crippen molar-refractivity contribution in [1.29, 1.82) is 0 Å². The molecule has 3 heterocycles. The normalized spacial score (nSPS) is 22.3. The van der Waals surface area contributed by atoms with Gasteiger partial charge in [-0.25, -0.2) is 4.98 Å². The molecule has 1 aromatic heterocycles. The molecule has 1 unspecified atom stereocenters. The zero-order valence-electron chi connectivity index (χ0n) is 15.7. The second kappa shape index (κ2) is 6.62. The van der Waals surface area contributed by atoms with Crippen molar-refractivity contribution in [2.24, 2.45) is 0 Å². The number of carbonyl (C=O) groups excluding carboxylic acids is 1. The number of hydrogen-bond acceptors (Lipinski definition) is 5. The third-order valence-electron chi connectivity index (χ3n) is 6.21. The van der Waals surface area contributed by atoms with Crippen LogP contribution in [0, 0.1) is 0 Å². The van der Waals surface area contributed by atoms with Crippen LogP contribution in [0.15, 0.2) is 24.3 Å². The van der Waals surface area contributed by atoms with Crippen LogP contribution in [-0.4, -0.2) is 40.1 Å². The number of amides is 1. The first-order valence-electron chi connectivity index (χ1n) is 9.81. The van der Waals surface area contributed by atoms with Gasteiger partial charge in [0.2, 0.25) is 5.91 Å². The first-order valence-corrected chi connectivity index (χ1v) is 10.6. The Morgan fingerprint density at radius 1 is 1.31 bits per heavy atom. The molecule has 9 heteroatoms. The van der Waals surface area contributed by atoms with Gasteiger partial charge in [-0.1, -0.05) is 29.5 Å². The molecule has 0 spiro atoms. The number of fused-ring (bicyclic) bond motifs is 2. The summed E-state index contributed by atoms with van der Waals surface area (Å²) in [5.41, 5.74) is 1.08. The van der Waals surface area contributed by atoms with E-state index in [0.29, 0.717) is 37.5 Å². The highest BCUT2D eigenvalue weighted by Crippen LogP contribution is 2.48. The van der Waals surface area contributed by atoms with Gasteiger partial charge in [-0.15, -0.1) is 0 Å². The maximum Gasteiger partial charge on any atom is 0.411 e. The first-order chi connectivity index (χ1) is 13.8. The average Bonchev–Trinajstić information content (AvgIpc) is 3.25. The fourth-order valence-corrected chi connectivity index (χ4v) is 5.44. The van der Waals surface area contributed by atoms with Crippen molar-refractivity contribution >= 4 is 28.1 Å². The molecule has 5 nitrogen and oxygen atoms in total. The summed E-state index contributed by atoms with van der Waals surface area (Å²) in [5.74, 6) is 0.0283. The number of benzene rings is 1. The van der Waals surface area contributed by atoms with E-state index in [1.165, 1.54) is 11.3 Å². The molecule has 0 bridgehead atoms. The second-order valence-corrected chi connectivity index (χ2v) is 9.10. The molecule has 2 N–H and O–H groups in total. The SMILES string of the molecule is O=C(C1Cc2ccccc2N1)N1CCc2nc(NC3(C(F)(F)F)CCC3)sc2C1. The molecule has 0 saturated heterocycles. The fourth-order valence-electron chi connectivity index (χ4n) is 4.32. The molecule has 1 aliphatic carbocycles. The van der Waals surface area contributed by atoms with Crippen LogP contribution in [0.1, 0.15) is 35.4 Å². The van der Waals surface area contributed by atoms with Crippen LogP contribution in [0.25, 0.3) is 0 Å². The zero-order valence-corrected chi connectivity index (χ0v) is 16.5. The fraction of sp³-hybridized carbons (Fsp3) is 0.500. The minimum atomic E-state index is -4.29. The van der Waals surface area contributed by atoms with E-state index < -0.39 is 11.7 Å². The van der Waals surface area contributed by atoms with Gasteiger partial charge in [-0.2, -0.15) is 13.2 Å². The van der Waals surface area contributed by atoms with Crippen molar-refractivity contribution < 1.29 is 18.0 Å². The van der Waals surface area contributed by atoms with Crippen molar-refractivity contribution in [3.05, 3.63) is 40.4 Å². The Morgan fingerprint density at radius 2 is 2.10 bits per heavy atom. The van der Waals surface area contributed by atoms with E-state index in [1.54, 1.807) is 4.90 Å². The number of alkyl halides is 3. The van der Waals surface area contributed by atoms with Crippen molar-refractivity contribution in [1.82, 2.24) is 9.88 Å². The topological polar surface area (TPSA) is 57.3 Å². The summed E-state index contributed by atoms with van der Waals surface area (Å²) in [5, 5.41) is 6.26. The lowest BCUT2D eigenvalue weighted by molar-refractivity contribution is -0.198. The van der Waals surface area contributed by atoms with Crippen LogP contribution in [0.3, 0.4) is 0 Å². The largest absolute Gasteiger partial charge is 0.411 e. The van der Waals surface area contributed by atoms with Crippen molar-refractivity contribution in [2.45, 2.75) is 56.4 Å². The van der Waals surface area contributed by atoms with Crippen molar-refractivity contribution in [3.8, 4) is 0 Å². The van der Waals surface area contributed by atoms with Crippen molar-refractivity contribution in [3.63, 3.8) is 0 Å². The van der Waals surface area contributed by atoms with Gasteiger partial charge >= 0.3 is 6.18 Å². The van der Waals surface area contributed by atoms with E-state index in [4.69, 9.17) is 0 Å². The number of carbonyl (C=O) groups is 1. The molecule has 5 rings (SSSR count). The maximum atomic E-state index is 13.4.